The lowest BCUT2D eigenvalue weighted by molar-refractivity contribution is -0.386. The highest BCUT2D eigenvalue weighted by atomic mass is 31.2. The molecule has 0 aliphatic heterocycles. The number of rotatable bonds is 19. The van der Waals surface area contributed by atoms with Crippen molar-refractivity contribution >= 4 is 14.2 Å². The molecule has 4 aromatic rings. The molecular formula is C39H46N3O7P. The Hall–Kier alpha value is -4.36. The molecule has 264 valence electrons. The highest BCUT2D eigenvalue weighted by Crippen LogP contribution is 2.52. The van der Waals surface area contributed by atoms with Crippen molar-refractivity contribution in [2.75, 3.05) is 27.4 Å². The largest absolute Gasteiger partial charge is 0.497 e. The summed E-state index contributed by atoms with van der Waals surface area (Å²) < 4.78 is 33.2. The number of nitro benzene ring substituents is 1. The van der Waals surface area contributed by atoms with Gasteiger partial charge in [-0.15, -0.1) is 0 Å². The molecule has 0 N–H and O–H groups in total. The predicted molar refractivity (Wildman–Crippen MR) is 195 cm³/mol. The van der Waals surface area contributed by atoms with Gasteiger partial charge in [0.15, 0.2) is 0 Å². The maximum absolute atomic E-state index is 12.3. The molecule has 0 aliphatic rings. The Morgan fingerprint density at radius 2 is 1.30 bits per heavy atom. The quantitative estimate of drug-likeness (QED) is 0.0310. The molecule has 4 aromatic carbocycles. The Kier molecular flexibility index (Phi) is 14.3. The maximum atomic E-state index is 12.3. The van der Waals surface area contributed by atoms with Gasteiger partial charge in [-0.05, 0) is 74.7 Å². The van der Waals surface area contributed by atoms with Gasteiger partial charge in [0.25, 0.3) is 14.2 Å². The average molecular weight is 700 g/mol. The third-order valence-electron chi connectivity index (χ3n) is 8.23. The Balaban J connectivity index is 1.81. The van der Waals surface area contributed by atoms with Crippen molar-refractivity contribution in [1.29, 1.82) is 5.26 Å². The molecule has 0 spiro atoms. The summed E-state index contributed by atoms with van der Waals surface area (Å²) in [5.41, 5.74) is 1.92. The van der Waals surface area contributed by atoms with Crippen LogP contribution in [0.1, 0.15) is 68.9 Å². The number of ether oxygens (including phenoxy) is 3. The predicted octanol–water partition coefficient (Wildman–Crippen LogP) is 9.34. The molecule has 0 aromatic heterocycles. The van der Waals surface area contributed by atoms with Crippen LogP contribution in [0.4, 0.5) is 5.69 Å². The number of hydrogen-bond acceptors (Lipinski definition) is 9. The Morgan fingerprint density at radius 3 is 1.80 bits per heavy atom. The zero-order chi connectivity index (χ0) is 36.1. The third kappa shape index (κ3) is 9.25. The van der Waals surface area contributed by atoms with Crippen LogP contribution in [0.2, 0.25) is 0 Å². The molecule has 0 saturated heterocycles. The molecule has 2 unspecified atom stereocenters. The SMILES string of the molecule is COc1ccc(C(OCCC(OP(OCCC#N)N(C(C)C)C(C)C)c2ccccc2[N+](=O)[O-])(c2ccccc2)c2ccc(OC)cc2)cc1. The summed E-state index contributed by atoms with van der Waals surface area (Å²) in [6.45, 7) is 8.51. The minimum atomic E-state index is -1.72. The summed E-state index contributed by atoms with van der Waals surface area (Å²) in [6.07, 6.45) is -0.324. The van der Waals surface area contributed by atoms with Gasteiger partial charge in [0, 0.05) is 24.6 Å². The van der Waals surface area contributed by atoms with Crippen LogP contribution in [0.3, 0.4) is 0 Å². The lowest BCUT2D eigenvalue weighted by Crippen LogP contribution is -2.35. The van der Waals surface area contributed by atoms with Crippen molar-refractivity contribution in [1.82, 2.24) is 4.67 Å². The van der Waals surface area contributed by atoms with Crippen LogP contribution in [0.15, 0.2) is 103 Å². The van der Waals surface area contributed by atoms with Crippen molar-refractivity contribution in [3.05, 3.63) is 135 Å². The van der Waals surface area contributed by atoms with Gasteiger partial charge in [-0.1, -0.05) is 66.7 Å². The van der Waals surface area contributed by atoms with Gasteiger partial charge in [0.1, 0.15) is 17.1 Å². The maximum Gasteiger partial charge on any atom is 0.275 e. The molecule has 0 saturated carbocycles. The zero-order valence-electron chi connectivity index (χ0n) is 29.5. The van der Waals surface area contributed by atoms with Crippen LogP contribution in [0.25, 0.3) is 0 Å². The first kappa shape index (κ1) is 38.4. The monoisotopic (exact) mass is 699 g/mol. The van der Waals surface area contributed by atoms with E-state index in [1.165, 1.54) is 6.07 Å². The number of hydrogen-bond donors (Lipinski definition) is 0. The number of nitro groups is 1. The van der Waals surface area contributed by atoms with E-state index in [-0.39, 0.29) is 43.8 Å². The van der Waals surface area contributed by atoms with Crippen LogP contribution >= 0.6 is 8.53 Å². The van der Waals surface area contributed by atoms with E-state index >= 15 is 0 Å². The van der Waals surface area contributed by atoms with Gasteiger partial charge in [-0.25, -0.2) is 4.67 Å². The van der Waals surface area contributed by atoms with Crippen molar-refractivity contribution in [3.63, 3.8) is 0 Å². The van der Waals surface area contributed by atoms with Crippen LogP contribution in [-0.4, -0.2) is 49.1 Å². The number of benzene rings is 4. The van der Waals surface area contributed by atoms with Gasteiger partial charge in [-0.3, -0.25) is 10.1 Å². The molecule has 0 aliphatic carbocycles. The van der Waals surface area contributed by atoms with E-state index in [0.29, 0.717) is 17.1 Å². The Labute approximate surface area is 296 Å². The number of nitrogens with zero attached hydrogens (tertiary/aromatic N) is 3. The van der Waals surface area contributed by atoms with Crippen molar-refractivity contribution < 1.29 is 28.2 Å². The first-order valence-corrected chi connectivity index (χ1v) is 17.8. The molecule has 0 fully saturated rings. The molecule has 0 amide bonds. The fourth-order valence-corrected chi connectivity index (χ4v) is 7.73. The van der Waals surface area contributed by atoms with E-state index in [1.54, 1.807) is 32.4 Å². The van der Waals surface area contributed by atoms with Crippen LogP contribution in [0, 0.1) is 21.4 Å². The van der Waals surface area contributed by atoms with E-state index in [2.05, 4.69) is 10.7 Å². The fourth-order valence-electron chi connectivity index (χ4n) is 5.99. The van der Waals surface area contributed by atoms with Gasteiger partial charge in [0.2, 0.25) is 0 Å². The first-order valence-electron chi connectivity index (χ1n) is 16.6. The summed E-state index contributed by atoms with van der Waals surface area (Å²) in [7, 11) is 1.53. The van der Waals surface area contributed by atoms with Crippen molar-refractivity contribution in [3.8, 4) is 17.6 Å². The second kappa shape index (κ2) is 18.6. The van der Waals surface area contributed by atoms with E-state index in [9.17, 15) is 15.4 Å². The van der Waals surface area contributed by atoms with Gasteiger partial charge in [0.05, 0.1) is 56.5 Å². The second-order valence-corrected chi connectivity index (χ2v) is 13.5. The topological polar surface area (TPSA) is 116 Å². The standard InChI is InChI=1S/C39H46N3O7P/c1-29(2)41(30(3)4)50(48-27-12-26-40)49-38(36-15-10-11-16-37(36)42(43)44)25-28-47-39(31-13-8-7-9-14-31,32-17-21-34(45-5)22-18-32)33-19-23-35(46-6)24-20-33/h7-11,13-24,29-30,38H,12,25,27-28H2,1-6H3. The van der Waals surface area contributed by atoms with E-state index in [1.807, 2.05) is 107 Å². The summed E-state index contributed by atoms with van der Waals surface area (Å²) in [4.78, 5) is 11.9. The molecule has 10 nitrogen and oxygen atoms in total. The molecule has 0 radical (unpaired) electrons. The lowest BCUT2D eigenvalue weighted by atomic mass is 9.80. The van der Waals surface area contributed by atoms with E-state index in [4.69, 9.17) is 23.3 Å². The first-order chi connectivity index (χ1) is 24.2. The van der Waals surface area contributed by atoms with Crippen LogP contribution in [-0.2, 0) is 19.4 Å². The van der Waals surface area contributed by atoms with Crippen molar-refractivity contribution in [2.24, 2.45) is 0 Å². The molecule has 0 heterocycles. The van der Waals surface area contributed by atoms with Gasteiger partial charge >= 0.3 is 0 Å². The summed E-state index contributed by atoms with van der Waals surface area (Å²) in [6, 6.07) is 34.3. The lowest BCUT2D eigenvalue weighted by Gasteiger charge is -2.38. The fraction of sp³-hybridized carbons (Fsp3) is 0.359. The molecule has 0 bridgehead atoms. The Morgan fingerprint density at radius 1 is 0.780 bits per heavy atom. The Bertz CT molecular complexity index is 1620. The van der Waals surface area contributed by atoms with Gasteiger partial charge in [-0.2, -0.15) is 5.26 Å². The zero-order valence-corrected chi connectivity index (χ0v) is 30.4. The van der Waals surface area contributed by atoms with Crippen LogP contribution in [0.5, 0.6) is 11.5 Å². The summed E-state index contributed by atoms with van der Waals surface area (Å²) in [5.74, 6) is 1.42. The van der Waals surface area contributed by atoms with Crippen molar-refractivity contribution in [2.45, 2.75) is 64.3 Å². The smallest absolute Gasteiger partial charge is 0.275 e. The van der Waals surface area contributed by atoms with Crippen LogP contribution < -0.4 is 9.47 Å². The number of nitriles is 1. The van der Waals surface area contributed by atoms with Gasteiger partial charge < -0.3 is 23.3 Å². The molecule has 4 rings (SSSR count). The minimum absolute atomic E-state index is 0.0433. The molecule has 50 heavy (non-hydrogen) atoms. The highest BCUT2D eigenvalue weighted by molar-refractivity contribution is 7.44. The van der Waals surface area contributed by atoms with E-state index in [0.717, 1.165) is 16.7 Å². The summed E-state index contributed by atoms with van der Waals surface area (Å²) in [5, 5.41) is 21.5. The minimum Gasteiger partial charge on any atom is -0.497 e. The highest BCUT2D eigenvalue weighted by Gasteiger charge is 2.39. The number of para-hydroxylation sites is 1. The van der Waals surface area contributed by atoms with E-state index < -0.39 is 25.2 Å². The third-order valence-corrected chi connectivity index (χ3v) is 10.4. The molecule has 2 atom stereocenters. The molecule has 11 heteroatoms. The molecular weight excluding hydrogens is 653 g/mol. The summed E-state index contributed by atoms with van der Waals surface area (Å²) >= 11 is 0. The number of methoxy groups -OCH3 is 2. The second-order valence-electron chi connectivity index (χ2n) is 12.1. The average Bonchev–Trinajstić information content (AvgIpc) is 3.13. The normalized spacial score (nSPS) is 12.9.